The maximum atomic E-state index is 12.2. The molecule has 0 atom stereocenters. The van der Waals surface area contributed by atoms with Crippen LogP contribution in [0.25, 0.3) is 11.1 Å². The van der Waals surface area contributed by atoms with Gasteiger partial charge in [-0.1, -0.05) is 32.0 Å². The Kier molecular flexibility index (Phi) is 4.74. The van der Waals surface area contributed by atoms with Crippen molar-refractivity contribution in [3.63, 3.8) is 0 Å². The average Bonchev–Trinajstić information content (AvgIpc) is 2.98. The lowest BCUT2D eigenvalue weighted by molar-refractivity contribution is -0.118. The van der Waals surface area contributed by atoms with Crippen LogP contribution in [0.5, 0.6) is 5.75 Å². The number of oxazole rings is 1. The molecule has 3 rings (SSSR count). The minimum absolute atomic E-state index is 0.0443. The minimum atomic E-state index is -0.217. The molecule has 0 saturated carbocycles. The number of amides is 1. The molecule has 5 heteroatoms. The third-order valence-corrected chi connectivity index (χ3v) is 3.94. The molecule has 2 aromatic carbocycles. The molecule has 1 heterocycles. The van der Waals surface area contributed by atoms with Crippen LogP contribution in [0.15, 0.2) is 40.8 Å². The first kappa shape index (κ1) is 17.0. The molecule has 25 heavy (non-hydrogen) atoms. The van der Waals surface area contributed by atoms with E-state index in [1.54, 1.807) is 6.07 Å². The van der Waals surface area contributed by atoms with Gasteiger partial charge in [0.25, 0.3) is 5.91 Å². The van der Waals surface area contributed by atoms with Gasteiger partial charge in [0.05, 0.1) is 0 Å². The van der Waals surface area contributed by atoms with Crippen molar-refractivity contribution in [3.8, 4) is 5.75 Å². The van der Waals surface area contributed by atoms with Crippen LogP contribution in [-0.4, -0.2) is 17.5 Å². The standard InChI is InChI=1S/C20H22N2O3/c1-12(2)20-22-16-9-8-15(10-17(16)25-20)21-18(23)11-24-19-13(3)6-5-7-14(19)4/h5-10,12H,11H2,1-4H3,(H,21,23). The van der Waals surface area contributed by atoms with Crippen molar-refractivity contribution in [2.75, 3.05) is 11.9 Å². The predicted octanol–water partition coefficient (Wildman–Crippen LogP) is 4.59. The maximum Gasteiger partial charge on any atom is 0.262 e. The van der Waals surface area contributed by atoms with Crippen molar-refractivity contribution in [2.45, 2.75) is 33.6 Å². The van der Waals surface area contributed by atoms with E-state index in [-0.39, 0.29) is 18.4 Å². The first-order chi connectivity index (χ1) is 11.9. The number of carbonyl (C=O) groups excluding carboxylic acids is 1. The number of aromatic nitrogens is 1. The number of nitrogens with one attached hydrogen (secondary N) is 1. The summed E-state index contributed by atoms with van der Waals surface area (Å²) >= 11 is 0. The Hall–Kier alpha value is -2.82. The summed E-state index contributed by atoms with van der Waals surface area (Å²) < 4.78 is 11.4. The Labute approximate surface area is 147 Å². The lowest BCUT2D eigenvalue weighted by Gasteiger charge is -2.11. The third-order valence-electron chi connectivity index (χ3n) is 3.94. The van der Waals surface area contributed by atoms with Crippen LogP contribution in [0.1, 0.15) is 36.8 Å². The SMILES string of the molecule is Cc1cccc(C)c1OCC(=O)Nc1ccc2nc(C(C)C)oc2c1. The Balaban J connectivity index is 1.67. The first-order valence-electron chi connectivity index (χ1n) is 8.33. The molecular weight excluding hydrogens is 316 g/mol. The van der Waals surface area contributed by atoms with E-state index in [0.29, 0.717) is 17.2 Å². The van der Waals surface area contributed by atoms with Gasteiger partial charge in [-0.2, -0.15) is 0 Å². The summed E-state index contributed by atoms with van der Waals surface area (Å²) in [7, 11) is 0. The van der Waals surface area contributed by atoms with E-state index in [1.807, 2.05) is 58.0 Å². The number of fused-ring (bicyclic) bond motifs is 1. The summed E-state index contributed by atoms with van der Waals surface area (Å²) in [6, 6.07) is 11.3. The van der Waals surface area contributed by atoms with Gasteiger partial charge in [-0.25, -0.2) is 4.98 Å². The highest BCUT2D eigenvalue weighted by atomic mass is 16.5. The predicted molar refractivity (Wildman–Crippen MR) is 98.1 cm³/mol. The monoisotopic (exact) mass is 338 g/mol. The summed E-state index contributed by atoms with van der Waals surface area (Å²) in [5, 5.41) is 2.83. The Morgan fingerprint density at radius 3 is 2.60 bits per heavy atom. The average molecular weight is 338 g/mol. The summed E-state index contributed by atoms with van der Waals surface area (Å²) in [6.07, 6.45) is 0. The fourth-order valence-electron chi connectivity index (χ4n) is 2.63. The second-order valence-corrected chi connectivity index (χ2v) is 6.45. The number of para-hydroxylation sites is 1. The maximum absolute atomic E-state index is 12.2. The van der Waals surface area contributed by atoms with Gasteiger partial charge in [0.1, 0.15) is 11.3 Å². The van der Waals surface area contributed by atoms with Crippen LogP contribution in [-0.2, 0) is 4.79 Å². The largest absolute Gasteiger partial charge is 0.483 e. The normalized spacial score (nSPS) is 11.1. The number of aryl methyl sites for hydroxylation is 2. The molecule has 0 fully saturated rings. The molecule has 130 valence electrons. The quantitative estimate of drug-likeness (QED) is 0.739. The van der Waals surface area contributed by atoms with Gasteiger partial charge < -0.3 is 14.5 Å². The molecule has 0 saturated heterocycles. The van der Waals surface area contributed by atoms with Gasteiger partial charge in [0.2, 0.25) is 0 Å². The van der Waals surface area contributed by atoms with Crippen molar-refractivity contribution in [1.29, 1.82) is 0 Å². The highest BCUT2D eigenvalue weighted by Gasteiger charge is 2.11. The van der Waals surface area contributed by atoms with Crippen molar-refractivity contribution in [2.24, 2.45) is 0 Å². The van der Waals surface area contributed by atoms with E-state index in [1.165, 1.54) is 0 Å². The van der Waals surface area contributed by atoms with Gasteiger partial charge in [-0.05, 0) is 37.1 Å². The lowest BCUT2D eigenvalue weighted by atomic mass is 10.1. The number of anilines is 1. The molecule has 0 spiro atoms. The van der Waals surface area contributed by atoms with Crippen LogP contribution in [0.3, 0.4) is 0 Å². The van der Waals surface area contributed by atoms with E-state index in [4.69, 9.17) is 9.15 Å². The second-order valence-electron chi connectivity index (χ2n) is 6.45. The zero-order valence-electron chi connectivity index (χ0n) is 14.9. The van der Waals surface area contributed by atoms with Crippen LogP contribution < -0.4 is 10.1 Å². The number of carbonyl (C=O) groups is 1. The van der Waals surface area contributed by atoms with Crippen LogP contribution in [0, 0.1) is 13.8 Å². The highest BCUT2D eigenvalue weighted by Crippen LogP contribution is 2.24. The smallest absolute Gasteiger partial charge is 0.262 e. The van der Waals surface area contributed by atoms with E-state index in [2.05, 4.69) is 10.3 Å². The molecule has 5 nitrogen and oxygen atoms in total. The highest BCUT2D eigenvalue weighted by molar-refractivity contribution is 5.93. The first-order valence-corrected chi connectivity index (χ1v) is 8.33. The fourth-order valence-corrected chi connectivity index (χ4v) is 2.63. The molecule has 3 aromatic rings. The van der Waals surface area contributed by atoms with Crippen molar-refractivity contribution in [1.82, 2.24) is 4.98 Å². The molecule has 0 aliphatic heterocycles. The van der Waals surface area contributed by atoms with E-state index in [0.717, 1.165) is 22.4 Å². The van der Waals surface area contributed by atoms with E-state index in [9.17, 15) is 4.79 Å². The number of nitrogens with zero attached hydrogens (tertiary/aromatic N) is 1. The van der Waals surface area contributed by atoms with Crippen molar-refractivity contribution < 1.29 is 13.9 Å². The number of benzene rings is 2. The zero-order chi connectivity index (χ0) is 18.0. The van der Waals surface area contributed by atoms with Gasteiger partial charge in [-0.3, -0.25) is 4.79 Å². The van der Waals surface area contributed by atoms with Crippen molar-refractivity contribution >= 4 is 22.7 Å². The number of hydrogen-bond donors (Lipinski definition) is 1. The number of rotatable bonds is 5. The summed E-state index contributed by atoms with van der Waals surface area (Å²) in [5.74, 6) is 1.45. The third kappa shape index (κ3) is 3.82. The Bertz CT molecular complexity index is 892. The molecule has 1 aromatic heterocycles. The zero-order valence-corrected chi connectivity index (χ0v) is 14.9. The molecular formula is C20H22N2O3. The molecule has 0 aliphatic rings. The van der Waals surface area contributed by atoms with Gasteiger partial charge in [0.15, 0.2) is 18.1 Å². The Morgan fingerprint density at radius 1 is 1.20 bits per heavy atom. The van der Waals surface area contributed by atoms with Crippen molar-refractivity contribution in [3.05, 3.63) is 53.4 Å². The molecule has 0 aliphatic carbocycles. The minimum Gasteiger partial charge on any atom is -0.483 e. The fraction of sp³-hybridized carbons (Fsp3) is 0.300. The molecule has 1 N–H and O–H groups in total. The van der Waals surface area contributed by atoms with Crippen LogP contribution in [0.4, 0.5) is 5.69 Å². The number of hydrogen-bond acceptors (Lipinski definition) is 4. The molecule has 0 unspecified atom stereocenters. The number of ether oxygens (including phenoxy) is 1. The lowest BCUT2D eigenvalue weighted by Crippen LogP contribution is -2.20. The second kappa shape index (κ2) is 6.97. The van der Waals surface area contributed by atoms with Crippen LogP contribution >= 0.6 is 0 Å². The van der Waals surface area contributed by atoms with E-state index >= 15 is 0 Å². The van der Waals surface area contributed by atoms with E-state index < -0.39 is 0 Å². The van der Waals surface area contributed by atoms with Gasteiger partial charge in [0, 0.05) is 17.7 Å². The Morgan fingerprint density at radius 2 is 1.92 bits per heavy atom. The van der Waals surface area contributed by atoms with Gasteiger partial charge >= 0.3 is 0 Å². The summed E-state index contributed by atoms with van der Waals surface area (Å²) in [4.78, 5) is 16.6. The molecule has 1 amide bonds. The molecule has 0 bridgehead atoms. The summed E-state index contributed by atoms with van der Waals surface area (Å²) in [5.41, 5.74) is 4.13. The van der Waals surface area contributed by atoms with Crippen LogP contribution in [0.2, 0.25) is 0 Å². The summed E-state index contributed by atoms with van der Waals surface area (Å²) in [6.45, 7) is 7.93. The van der Waals surface area contributed by atoms with Gasteiger partial charge in [-0.15, -0.1) is 0 Å². The molecule has 0 radical (unpaired) electrons. The topological polar surface area (TPSA) is 64.4 Å².